The lowest BCUT2D eigenvalue weighted by Crippen LogP contribution is -2.45. The fourth-order valence-corrected chi connectivity index (χ4v) is 5.82. The molecule has 198 valence electrons. The maximum absolute atomic E-state index is 10.9. The molecule has 0 saturated heterocycles. The van der Waals surface area contributed by atoms with Crippen molar-refractivity contribution >= 4 is 14.3 Å². The summed E-state index contributed by atoms with van der Waals surface area (Å²) >= 11 is 0. The first-order valence-electron chi connectivity index (χ1n) is 13.7. The Morgan fingerprint density at radius 1 is 0.912 bits per heavy atom. The smallest absolute Gasteiger partial charge is 0.302 e. The Bertz CT molecular complexity index is 606. The average molecular weight is 495 g/mol. The van der Waals surface area contributed by atoms with Crippen LogP contribution in [0.25, 0.3) is 0 Å². The molecule has 4 nitrogen and oxygen atoms in total. The summed E-state index contributed by atoms with van der Waals surface area (Å²) < 4.78 is 17.1. The second kappa shape index (κ2) is 16.7. The Morgan fingerprint density at radius 3 is 2.24 bits per heavy atom. The normalized spacial score (nSPS) is 21.7. The van der Waals surface area contributed by atoms with E-state index >= 15 is 0 Å². The summed E-state index contributed by atoms with van der Waals surface area (Å²) in [7, 11) is 0.00163. The van der Waals surface area contributed by atoms with Crippen LogP contribution in [0, 0.1) is 11.8 Å². The van der Waals surface area contributed by atoms with Crippen LogP contribution in [0.3, 0.4) is 0 Å². The Labute approximate surface area is 212 Å². The van der Waals surface area contributed by atoms with Gasteiger partial charge >= 0.3 is 5.97 Å². The topological polar surface area (TPSA) is 44.8 Å². The van der Waals surface area contributed by atoms with Crippen molar-refractivity contribution in [1.82, 2.24) is 0 Å². The molecule has 1 aliphatic rings. The van der Waals surface area contributed by atoms with E-state index in [0.29, 0.717) is 24.5 Å². The highest BCUT2D eigenvalue weighted by molar-refractivity contribution is 6.74. The molecule has 1 aliphatic carbocycles. The number of carbonyl (C=O) groups excluding carboxylic acids is 1. The minimum Gasteiger partial charge on any atom is -0.466 e. The zero-order valence-electron chi connectivity index (χ0n) is 23.4. The number of allylic oxidation sites excluding steroid dienone is 4. The van der Waals surface area contributed by atoms with Crippen LogP contribution in [-0.2, 0) is 18.7 Å². The second-order valence-electron chi connectivity index (χ2n) is 11.5. The van der Waals surface area contributed by atoms with E-state index in [4.69, 9.17) is 13.9 Å². The van der Waals surface area contributed by atoms with Gasteiger partial charge in [0.05, 0.1) is 6.61 Å². The van der Waals surface area contributed by atoms with E-state index in [-0.39, 0.29) is 11.0 Å². The summed E-state index contributed by atoms with van der Waals surface area (Å²) in [6.45, 7) is 14.7. The number of unbranched alkanes of at least 4 members (excludes halogenated alkanes) is 6. The zero-order valence-corrected chi connectivity index (χ0v) is 24.4. The molecule has 3 atom stereocenters. The molecule has 0 aromatic rings. The highest BCUT2D eigenvalue weighted by Crippen LogP contribution is 2.44. The molecule has 0 bridgehead atoms. The Morgan fingerprint density at radius 2 is 1.56 bits per heavy atom. The van der Waals surface area contributed by atoms with Crippen LogP contribution in [-0.4, -0.2) is 40.7 Å². The van der Waals surface area contributed by atoms with Crippen molar-refractivity contribution in [3.8, 4) is 0 Å². The van der Waals surface area contributed by atoms with Gasteiger partial charge in [-0.05, 0) is 87.8 Å². The van der Waals surface area contributed by atoms with E-state index in [1.165, 1.54) is 51.9 Å². The molecule has 0 N–H and O–H groups in total. The molecule has 0 aromatic heterocycles. The third-order valence-corrected chi connectivity index (χ3v) is 12.1. The number of hydrogen-bond acceptors (Lipinski definition) is 4. The van der Waals surface area contributed by atoms with E-state index in [0.717, 1.165) is 32.3 Å². The molecule has 0 aliphatic heterocycles. The molecule has 1 fully saturated rings. The van der Waals surface area contributed by atoms with Gasteiger partial charge in [-0.15, -0.1) is 0 Å². The summed E-state index contributed by atoms with van der Waals surface area (Å²) in [6, 6.07) is 0. The maximum Gasteiger partial charge on any atom is 0.302 e. The van der Waals surface area contributed by atoms with Gasteiger partial charge in [-0.3, -0.25) is 4.79 Å². The first-order chi connectivity index (χ1) is 16.1. The number of rotatable bonds is 17. The first-order valence-corrected chi connectivity index (χ1v) is 16.6. The Hall–Kier alpha value is -0.913. The molecule has 34 heavy (non-hydrogen) atoms. The van der Waals surface area contributed by atoms with Gasteiger partial charge in [-0.25, -0.2) is 0 Å². The third kappa shape index (κ3) is 12.7. The average Bonchev–Trinajstić information content (AvgIpc) is 3.11. The lowest BCUT2D eigenvalue weighted by Gasteiger charge is -2.40. The molecular formula is C29H54O4Si. The predicted octanol–water partition coefficient (Wildman–Crippen LogP) is 8.24. The third-order valence-electron chi connectivity index (χ3n) is 7.56. The lowest BCUT2D eigenvalue weighted by molar-refractivity contribution is -0.141. The minimum absolute atomic E-state index is 0.185. The molecule has 0 heterocycles. The van der Waals surface area contributed by atoms with Gasteiger partial charge in [0, 0.05) is 26.7 Å². The summed E-state index contributed by atoms with van der Waals surface area (Å²) in [5, 5.41) is 0.242. The van der Waals surface area contributed by atoms with Crippen molar-refractivity contribution in [2.75, 3.05) is 20.3 Å². The molecule has 0 spiro atoms. The van der Waals surface area contributed by atoms with Crippen LogP contribution < -0.4 is 0 Å². The summed E-state index contributed by atoms with van der Waals surface area (Å²) in [4.78, 5) is 10.9. The largest absolute Gasteiger partial charge is 0.466 e. The van der Waals surface area contributed by atoms with Crippen LogP contribution in [0.2, 0.25) is 18.1 Å². The van der Waals surface area contributed by atoms with Crippen LogP contribution in [0.5, 0.6) is 0 Å². The van der Waals surface area contributed by atoms with E-state index in [1.807, 2.05) is 0 Å². The van der Waals surface area contributed by atoms with Gasteiger partial charge in [0.15, 0.2) is 8.32 Å². The van der Waals surface area contributed by atoms with Crippen molar-refractivity contribution in [2.24, 2.45) is 11.8 Å². The summed E-state index contributed by atoms with van der Waals surface area (Å²) in [5.74, 6) is 1.01. The number of carbonyl (C=O) groups is 1. The van der Waals surface area contributed by atoms with E-state index in [2.05, 4.69) is 58.2 Å². The van der Waals surface area contributed by atoms with Crippen molar-refractivity contribution in [2.45, 2.75) is 123 Å². The first kappa shape index (κ1) is 31.1. The second-order valence-corrected chi connectivity index (χ2v) is 16.2. The van der Waals surface area contributed by atoms with Crippen molar-refractivity contribution in [1.29, 1.82) is 0 Å². The number of hydrogen-bond donors (Lipinski definition) is 0. The molecule has 1 unspecified atom stereocenters. The molecule has 1 rings (SSSR count). The quantitative estimate of drug-likeness (QED) is 0.0884. The fourth-order valence-electron chi connectivity index (χ4n) is 4.41. The van der Waals surface area contributed by atoms with Crippen LogP contribution in [0.1, 0.15) is 98.3 Å². The van der Waals surface area contributed by atoms with Crippen molar-refractivity contribution in [3.05, 3.63) is 24.3 Å². The zero-order chi connectivity index (χ0) is 25.5. The number of esters is 1. The monoisotopic (exact) mass is 494 g/mol. The molecular weight excluding hydrogens is 440 g/mol. The van der Waals surface area contributed by atoms with Gasteiger partial charge in [0.25, 0.3) is 0 Å². The fraction of sp³-hybridized carbons (Fsp3) is 0.828. The highest BCUT2D eigenvalue weighted by Gasteiger charge is 2.43. The molecule has 0 aromatic carbocycles. The van der Waals surface area contributed by atoms with E-state index < -0.39 is 8.32 Å². The SMILES string of the molecule is COCCCCCCC=C[C@@H]1CC[C@@H](O[Si](C)(C)C(C)(C)C)C1CC=CCCCCOC(C)=O. The Balaban J connectivity index is 2.59. The molecule has 0 amide bonds. The van der Waals surface area contributed by atoms with Gasteiger partial charge < -0.3 is 13.9 Å². The lowest BCUT2D eigenvalue weighted by atomic mass is 9.90. The highest BCUT2D eigenvalue weighted by atomic mass is 28.4. The van der Waals surface area contributed by atoms with Crippen LogP contribution >= 0.6 is 0 Å². The molecule has 1 saturated carbocycles. The standard InChI is InChI=1S/C29H54O4Si/c1-25(30)32-24-18-14-10-12-16-20-27-26(19-15-11-8-9-13-17-23-31-5)21-22-28(27)33-34(6,7)29(2,3)4/h12,15-16,19,26-28H,8-11,13-14,17-18,20-24H2,1-7H3/t26-,27?,28-/m1/s1. The molecule has 5 heteroatoms. The van der Waals surface area contributed by atoms with Crippen molar-refractivity contribution < 1.29 is 18.7 Å². The predicted molar refractivity (Wildman–Crippen MR) is 147 cm³/mol. The Kier molecular flexibility index (Phi) is 15.3. The number of methoxy groups -OCH3 is 1. The van der Waals surface area contributed by atoms with Gasteiger partial charge in [0.2, 0.25) is 0 Å². The van der Waals surface area contributed by atoms with Gasteiger partial charge in [-0.1, -0.05) is 57.9 Å². The summed E-state index contributed by atoms with van der Waals surface area (Å²) in [5.41, 5.74) is 0. The van der Waals surface area contributed by atoms with E-state index in [9.17, 15) is 4.79 Å². The minimum atomic E-state index is -1.78. The van der Waals surface area contributed by atoms with Gasteiger partial charge in [-0.2, -0.15) is 0 Å². The van der Waals surface area contributed by atoms with E-state index in [1.54, 1.807) is 7.11 Å². The number of ether oxygens (including phenoxy) is 2. The maximum atomic E-state index is 10.9. The summed E-state index contributed by atoms with van der Waals surface area (Å²) in [6.07, 6.45) is 22.7. The van der Waals surface area contributed by atoms with Gasteiger partial charge in [0.1, 0.15) is 0 Å². The molecule has 0 radical (unpaired) electrons. The van der Waals surface area contributed by atoms with Crippen LogP contribution in [0.15, 0.2) is 24.3 Å². The van der Waals surface area contributed by atoms with Crippen LogP contribution in [0.4, 0.5) is 0 Å². The van der Waals surface area contributed by atoms with Crippen molar-refractivity contribution in [3.63, 3.8) is 0 Å².